The average molecular weight is 552 g/mol. The number of anilines is 1. The van der Waals surface area contributed by atoms with Gasteiger partial charge in [-0.2, -0.15) is 5.10 Å². The maximum atomic E-state index is 13.9. The fourth-order valence-electron chi connectivity index (χ4n) is 5.65. The Hall–Kier alpha value is -4.43. The van der Waals surface area contributed by atoms with Crippen LogP contribution in [0.5, 0.6) is 0 Å². The molecular weight excluding hydrogens is 528 g/mol. The standard InChI is InChI=1S/C32H23F2N3O2S/c33-23-12-8-19(9-13-23)16-22-5-3-6-25-29(22)36-37(30(25)20-10-14-24(34)15-11-20)32-35-27(18-40-32)26-17-21-4-1-2-7-28(21)39-31(26)38/h1-2,4,7-18,25,30H,3,5-6H2/b22-16+/t25-,30-/m0/s1. The van der Waals surface area contributed by atoms with Gasteiger partial charge in [-0.1, -0.05) is 42.5 Å². The highest BCUT2D eigenvalue weighted by atomic mass is 32.1. The number of hydrogen-bond donors (Lipinski definition) is 0. The van der Waals surface area contributed by atoms with Crippen LogP contribution < -0.4 is 10.6 Å². The van der Waals surface area contributed by atoms with E-state index in [4.69, 9.17) is 14.5 Å². The van der Waals surface area contributed by atoms with Crippen LogP contribution in [0.2, 0.25) is 0 Å². The minimum Gasteiger partial charge on any atom is -0.422 e. The van der Waals surface area contributed by atoms with E-state index in [1.165, 1.54) is 35.6 Å². The normalized spacial score (nSPS) is 19.7. The molecule has 198 valence electrons. The van der Waals surface area contributed by atoms with Gasteiger partial charge in [0.1, 0.15) is 17.2 Å². The first-order valence-corrected chi connectivity index (χ1v) is 14.0. The third kappa shape index (κ3) is 4.44. The molecule has 0 bridgehead atoms. The Morgan fingerprint density at radius 3 is 2.52 bits per heavy atom. The van der Waals surface area contributed by atoms with Crippen molar-refractivity contribution in [2.75, 3.05) is 5.01 Å². The molecule has 5 nitrogen and oxygen atoms in total. The minimum absolute atomic E-state index is 0.0731. The largest absolute Gasteiger partial charge is 0.422 e. The number of thiazole rings is 1. The van der Waals surface area contributed by atoms with Crippen LogP contribution in [0.15, 0.2) is 104 Å². The fourth-order valence-corrected chi connectivity index (χ4v) is 6.46. The summed E-state index contributed by atoms with van der Waals surface area (Å²) in [6, 6.07) is 22.0. The van der Waals surface area contributed by atoms with Crippen molar-refractivity contribution in [3.63, 3.8) is 0 Å². The molecule has 7 rings (SSSR count). The SMILES string of the molecule is O=c1oc2ccccc2cc1-c1csc(N2N=C3/C(=C/c4ccc(F)cc4)CCC[C@@H]3[C@@H]2c2ccc(F)cc2)n1. The molecule has 0 amide bonds. The van der Waals surface area contributed by atoms with Crippen LogP contribution in [0.3, 0.4) is 0 Å². The summed E-state index contributed by atoms with van der Waals surface area (Å²) in [5.74, 6) is -0.497. The van der Waals surface area contributed by atoms with E-state index in [9.17, 15) is 13.6 Å². The topological polar surface area (TPSA) is 58.7 Å². The van der Waals surface area contributed by atoms with Gasteiger partial charge in [0.25, 0.3) is 0 Å². The first-order valence-electron chi connectivity index (χ1n) is 13.1. The summed E-state index contributed by atoms with van der Waals surface area (Å²) < 4.78 is 32.9. The summed E-state index contributed by atoms with van der Waals surface area (Å²) in [7, 11) is 0. The third-order valence-electron chi connectivity index (χ3n) is 7.53. The zero-order valence-corrected chi connectivity index (χ0v) is 22.1. The van der Waals surface area contributed by atoms with Gasteiger partial charge in [0, 0.05) is 16.7 Å². The van der Waals surface area contributed by atoms with Gasteiger partial charge in [-0.3, -0.25) is 0 Å². The van der Waals surface area contributed by atoms with E-state index in [2.05, 4.69) is 6.08 Å². The zero-order valence-electron chi connectivity index (χ0n) is 21.3. The second kappa shape index (κ2) is 9.95. The Balaban J connectivity index is 1.31. The predicted octanol–water partition coefficient (Wildman–Crippen LogP) is 8.00. The van der Waals surface area contributed by atoms with Gasteiger partial charge >= 0.3 is 5.63 Å². The van der Waals surface area contributed by atoms with Crippen LogP contribution in [-0.2, 0) is 0 Å². The lowest BCUT2D eigenvalue weighted by Crippen LogP contribution is -2.28. The molecule has 0 N–H and O–H groups in total. The van der Waals surface area contributed by atoms with Gasteiger partial charge < -0.3 is 4.42 Å². The predicted molar refractivity (Wildman–Crippen MR) is 154 cm³/mol. The third-order valence-corrected chi connectivity index (χ3v) is 8.36. The summed E-state index contributed by atoms with van der Waals surface area (Å²) in [5.41, 5.74) is 4.91. The molecule has 0 spiro atoms. The molecule has 1 fully saturated rings. The number of halogens is 2. The minimum atomic E-state index is -0.448. The number of rotatable bonds is 4. The lowest BCUT2D eigenvalue weighted by Gasteiger charge is -2.29. The molecule has 40 heavy (non-hydrogen) atoms. The molecule has 0 saturated heterocycles. The first-order chi connectivity index (χ1) is 19.5. The molecule has 1 aliphatic carbocycles. The lowest BCUT2D eigenvalue weighted by atomic mass is 9.77. The molecule has 0 unspecified atom stereocenters. The second-order valence-electron chi connectivity index (χ2n) is 10.0. The second-order valence-corrected chi connectivity index (χ2v) is 10.9. The number of allylic oxidation sites excluding steroid dienone is 1. The van der Waals surface area contributed by atoms with Crippen molar-refractivity contribution in [2.24, 2.45) is 11.0 Å². The number of benzene rings is 3. The summed E-state index contributed by atoms with van der Waals surface area (Å²) >= 11 is 1.40. The molecule has 2 atom stereocenters. The molecule has 1 aliphatic heterocycles. The van der Waals surface area contributed by atoms with Gasteiger partial charge in [-0.25, -0.2) is 23.6 Å². The summed E-state index contributed by atoms with van der Waals surface area (Å²) in [5, 5.41) is 10.3. The van der Waals surface area contributed by atoms with E-state index >= 15 is 0 Å². The lowest BCUT2D eigenvalue weighted by molar-refractivity contribution is 0.486. The number of aromatic nitrogens is 1. The Labute approximate surface area is 232 Å². The van der Waals surface area contributed by atoms with E-state index in [1.807, 2.05) is 28.6 Å². The maximum Gasteiger partial charge on any atom is 0.345 e. The Kier molecular flexibility index (Phi) is 6.12. The highest BCUT2D eigenvalue weighted by Crippen LogP contribution is 2.47. The van der Waals surface area contributed by atoms with Crippen molar-refractivity contribution in [3.8, 4) is 11.3 Å². The van der Waals surface area contributed by atoms with Crippen molar-refractivity contribution in [1.82, 2.24) is 4.98 Å². The zero-order chi connectivity index (χ0) is 27.2. The van der Waals surface area contributed by atoms with Crippen LogP contribution in [0, 0.1) is 17.6 Å². The van der Waals surface area contributed by atoms with Crippen molar-refractivity contribution in [3.05, 3.63) is 123 Å². The van der Waals surface area contributed by atoms with Crippen LogP contribution >= 0.6 is 11.3 Å². The molecule has 3 aromatic carbocycles. The first kappa shape index (κ1) is 24.6. The van der Waals surface area contributed by atoms with E-state index in [0.717, 1.165) is 47.1 Å². The van der Waals surface area contributed by atoms with Crippen LogP contribution in [-0.4, -0.2) is 10.7 Å². The number of hydrazone groups is 1. The van der Waals surface area contributed by atoms with Crippen LogP contribution in [0.1, 0.15) is 36.4 Å². The van der Waals surface area contributed by atoms with Gasteiger partial charge in [0.05, 0.1) is 23.0 Å². The number of hydrogen-bond acceptors (Lipinski definition) is 6. The van der Waals surface area contributed by atoms with Crippen molar-refractivity contribution in [1.29, 1.82) is 0 Å². The van der Waals surface area contributed by atoms with Crippen molar-refractivity contribution in [2.45, 2.75) is 25.3 Å². The Morgan fingerprint density at radius 2 is 1.73 bits per heavy atom. The molecule has 3 heterocycles. The Morgan fingerprint density at radius 1 is 0.975 bits per heavy atom. The van der Waals surface area contributed by atoms with Gasteiger partial charge in [0.2, 0.25) is 5.13 Å². The molecular formula is C32H23F2N3O2S. The van der Waals surface area contributed by atoms with E-state index in [1.54, 1.807) is 36.4 Å². The van der Waals surface area contributed by atoms with Crippen LogP contribution in [0.4, 0.5) is 13.9 Å². The van der Waals surface area contributed by atoms with Gasteiger partial charge in [-0.05, 0) is 78.4 Å². The van der Waals surface area contributed by atoms with E-state index in [0.29, 0.717) is 22.0 Å². The molecule has 8 heteroatoms. The molecule has 2 aromatic heterocycles. The maximum absolute atomic E-state index is 13.9. The number of para-hydroxylation sites is 1. The summed E-state index contributed by atoms with van der Waals surface area (Å²) in [4.78, 5) is 17.7. The summed E-state index contributed by atoms with van der Waals surface area (Å²) in [6.45, 7) is 0. The number of nitrogens with zero attached hydrogens (tertiary/aromatic N) is 3. The van der Waals surface area contributed by atoms with Gasteiger partial charge in [0.15, 0.2) is 0 Å². The van der Waals surface area contributed by atoms with Crippen molar-refractivity contribution < 1.29 is 13.2 Å². The highest BCUT2D eigenvalue weighted by molar-refractivity contribution is 7.14. The number of fused-ring (bicyclic) bond motifs is 2. The molecule has 5 aromatic rings. The van der Waals surface area contributed by atoms with Crippen LogP contribution in [0.25, 0.3) is 28.3 Å². The smallest absolute Gasteiger partial charge is 0.345 e. The fraction of sp³-hybridized carbons (Fsp3) is 0.156. The molecule has 2 aliphatic rings. The van der Waals surface area contributed by atoms with E-state index in [-0.39, 0.29) is 23.6 Å². The quantitative estimate of drug-likeness (QED) is 0.212. The van der Waals surface area contributed by atoms with E-state index < -0.39 is 5.63 Å². The molecule has 0 radical (unpaired) electrons. The van der Waals surface area contributed by atoms with Crippen molar-refractivity contribution >= 4 is 39.2 Å². The average Bonchev–Trinajstić information content (AvgIpc) is 3.60. The summed E-state index contributed by atoms with van der Waals surface area (Å²) in [6.07, 6.45) is 4.83. The van der Waals surface area contributed by atoms with Gasteiger partial charge in [-0.15, -0.1) is 11.3 Å². The highest BCUT2D eigenvalue weighted by Gasteiger charge is 2.43. The monoisotopic (exact) mass is 551 g/mol. The Bertz CT molecular complexity index is 1840. The molecule has 1 saturated carbocycles.